The molecule has 1 aliphatic rings. The predicted octanol–water partition coefficient (Wildman–Crippen LogP) is 1.94. The van der Waals surface area contributed by atoms with Gasteiger partial charge >= 0.3 is 0 Å². The molecule has 6 heteroatoms. The van der Waals surface area contributed by atoms with Crippen molar-refractivity contribution in [1.29, 1.82) is 0 Å². The summed E-state index contributed by atoms with van der Waals surface area (Å²) in [5.74, 6) is 0.0541. The number of benzene rings is 1. The first kappa shape index (κ1) is 16.4. The molecule has 0 unspecified atom stereocenters. The van der Waals surface area contributed by atoms with Crippen LogP contribution >= 0.6 is 0 Å². The zero-order chi connectivity index (χ0) is 17.3. The van der Waals surface area contributed by atoms with Gasteiger partial charge in [-0.3, -0.25) is 9.59 Å². The van der Waals surface area contributed by atoms with Crippen molar-refractivity contribution in [3.8, 4) is 0 Å². The maximum absolute atomic E-state index is 12.8. The largest absolute Gasteiger partial charge is 0.341 e. The molecule has 1 aromatic heterocycles. The van der Waals surface area contributed by atoms with Crippen LogP contribution in [0.4, 0.5) is 0 Å². The van der Waals surface area contributed by atoms with E-state index >= 15 is 0 Å². The molecule has 2 amide bonds. The van der Waals surface area contributed by atoms with Crippen LogP contribution in [0.1, 0.15) is 35.1 Å². The highest BCUT2D eigenvalue weighted by Gasteiger charge is 2.21. The molecule has 0 bridgehead atoms. The Morgan fingerprint density at radius 3 is 2.25 bits per heavy atom. The van der Waals surface area contributed by atoms with Gasteiger partial charge in [-0.15, -0.1) is 0 Å². The van der Waals surface area contributed by atoms with Crippen LogP contribution in [0.2, 0.25) is 0 Å². The second kappa shape index (κ2) is 6.55. The molecule has 0 N–H and O–H groups in total. The molecule has 0 atom stereocenters. The molecule has 0 saturated carbocycles. The molecule has 1 aromatic carbocycles. The Morgan fingerprint density at radius 1 is 0.917 bits per heavy atom. The Kier molecular flexibility index (Phi) is 4.46. The van der Waals surface area contributed by atoms with E-state index < -0.39 is 0 Å². The number of carbonyl (C=O) groups excluding carboxylic acids is 2. The van der Waals surface area contributed by atoms with E-state index in [0.29, 0.717) is 31.7 Å². The van der Waals surface area contributed by atoms with E-state index in [2.05, 4.69) is 9.97 Å². The highest BCUT2D eigenvalue weighted by molar-refractivity contribution is 5.97. The summed E-state index contributed by atoms with van der Waals surface area (Å²) in [6.45, 7) is 7.95. The average molecular weight is 326 g/mol. The first-order chi connectivity index (χ1) is 11.5. The lowest BCUT2D eigenvalue weighted by Crippen LogP contribution is -2.36. The zero-order valence-corrected chi connectivity index (χ0v) is 14.4. The van der Waals surface area contributed by atoms with Gasteiger partial charge in [0.1, 0.15) is 0 Å². The van der Waals surface area contributed by atoms with Crippen LogP contribution in [0.15, 0.2) is 18.2 Å². The van der Waals surface area contributed by atoms with Gasteiger partial charge in [-0.25, -0.2) is 9.97 Å². The van der Waals surface area contributed by atoms with Crippen LogP contribution in [0.25, 0.3) is 11.0 Å². The number of hydrogen-bond acceptors (Lipinski definition) is 4. The molecule has 0 radical (unpaired) electrons. The Bertz CT molecular complexity index is 803. The average Bonchev–Trinajstić information content (AvgIpc) is 2.81. The molecule has 1 aliphatic heterocycles. The maximum atomic E-state index is 12.8. The summed E-state index contributed by atoms with van der Waals surface area (Å²) < 4.78 is 0. The van der Waals surface area contributed by atoms with Crippen LogP contribution in [0, 0.1) is 13.8 Å². The third-order valence-electron chi connectivity index (χ3n) is 4.55. The van der Waals surface area contributed by atoms with Gasteiger partial charge in [0, 0.05) is 38.7 Å². The Labute approximate surface area is 141 Å². The van der Waals surface area contributed by atoms with Gasteiger partial charge in [-0.05, 0) is 38.5 Å². The van der Waals surface area contributed by atoms with Gasteiger partial charge in [-0.1, -0.05) is 0 Å². The van der Waals surface area contributed by atoms with E-state index in [4.69, 9.17) is 0 Å². The number of amides is 2. The van der Waals surface area contributed by atoms with Crippen molar-refractivity contribution < 1.29 is 9.59 Å². The Morgan fingerprint density at radius 2 is 1.54 bits per heavy atom. The summed E-state index contributed by atoms with van der Waals surface area (Å²) in [5, 5.41) is 0. The van der Waals surface area contributed by atoms with Crippen molar-refractivity contribution >= 4 is 22.8 Å². The van der Waals surface area contributed by atoms with E-state index in [9.17, 15) is 9.59 Å². The van der Waals surface area contributed by atoms with Gasteiger partial charge in [0.05, 0.1) is 22.4 Å². The topological polar surface area (TPSA) is 66.4 Å². The minimum atomic E-state index is -0.0117. The van der Waals surface area contributed by atoms with Crippen molar-refractivity contribution in [2.24, 2.45) is 0 Å². The molecular weight excluding hydrogens is 304 g/mol. The molecule has 2 aromatic rings. The van der Waals surface area contributed by atoms with E-state index in [1.165, 1.54) is 0 Å². The molecule has 3 rings (SSSR count). The lowest BCUT2D eigenvalue weighted by Gasteiger charge is -2.21. The second-order valence-electron chi connectivity index (χ2n) is 6.25. The van der Waals surface area contributed by atoms with Gasteiger partial charge < -0.3 is 9.80 Å². The summed E-state index contributed by atoms with van der Waals surface area (Å²) in [4.78, 5) is 37.0. The molecule has 0 spiro atoms. The van der Waals surface area contributed by atoms with Crippen LogP contribution < -0.4 is 0 Å². The fourth-order valence-corrected chi connectivity index (χ4v) is 2.98. The maximum Gasteiger partial charge on any atom is 0.253 e. The first-order valence-electron chi connectivity index (χ1n) is 8.25. The van der Waals surface area contributed by atoms with E-state index in [0.717, 1.165) is 28.8 Å². The number of rotatable bonds is 1. The number of hydrogen-bond donors (Lipinski definition) is 0. The van der Waals surface area contributed by atoms with E-state index in [1.54, 1.807) is 11.8 Å². The predicted molar refractivity (Wildman–Crippen MR) is 91.8 cm³/mol. The minimum absolute atomic E-state index is 0.0117. The van der Waals surface area contributed by atoms with Gasteiger partial charge in [-0.2, -0.15) is 0 Å². The number of carbonyl (C=O) groups is 2. The molecule has 1 saturated heterocycles. The molecule has 2 heterocycles. The summed E-state index contributed by atoms with van der Waals surface area (Å²) in [6.07, 6.45) is 0.803. The van der Waals surface area contributed by atoms with Gasteiger partial charge in [0.15, 0.2) is 0 Å². The van der Waals surface area contributed by atoms with Crippen LogP contribution in [-0.4, -0.2) is 57.8 Å². The van der Waals surface area contributed by atoms with Crippen LogP contribution in [-0.2, 0) is 4.79 Å². The van der Waals surface area contributed by atoms with E-state index in [1.807, 2.05) is 36.9 Å². The summed E-state index contributed by atoms with van der Waals surface area (Å²) in [6, 6.07) is 5.47. The fraction of sp³-hybridized carbons (Fsp3) is 0.444. The molecule has 0 aliphatic carbocycles. The highest BCUT2D eigenvalue weighted by atomic mass is 16.2. The number of aryl methyl sites for hydroxylation is 2. The molecule has 1 fully saturated rings. The minimum Gasteiger partial charge on any atom is -0.341 e. The Balaban J connectivity index is 1.83. The fourth-order valence-electron chi connectivity index (χ4n) is 2.98. The van der Waals surface area contributed by atoms with Gasteiger partial charge in [0.25, 0.3) is 5.91 Å². The first-order valence-corrected chi connectivity index (χ1v) is 8.25. The molecule has 6 nitrogen and oxygen atoms in total. The smallest absolute Gasteiger partial charge is 0.253 e. The van der Waals surface area contributed by atoms with Crippen molar-refractivity contribution in [2.75, 3.05) is 26.2 Å². The lowest BCUT2D eigenvalue weighted by atomic mass is 10.1. The normalized spacial score (nSPS) is 15.5. The summed E-state index contributed by atoms with van der Waals surface area (Å²) >= 11 is 0. The number of aromatic nitrogens is 2. The van der Waals surface area contributed by atoms with E-state index in [-0.39, 0.29) is 11.8 Å². The van der Waals surface area contributed by atoms with Crippen molar-refractivity contribution in [3.05, 3.63) is 35.2 Å². The molecular formula is C18H22N4O2. The summed E-state index contributed by atoms with van der Waals surface area (Å²) in [5.41, 5.74) is 3.94. The number of fused-ring (bicyclic) bond motifs is 1. The van der Waals surface area contributed by atoms with Crippen LogP contribution in [0.5, 0.6) is 0 Å². The third-order valence-corrected chi connectivity index (χ3v) is 4.55. The third kappa shape index (κ3) is 3.22. The Hall–Kier alpha value is -2.50. The van der Waals surface area contributed by atoms with Crippen LogP contribution in [0.3, 0.4) is 0 Å². The molecule has 126 valence electrons. The highest BCUT2D eigenvalue weighted by Crippen LogP contribution is 2.17. The van der Waals surface area contributed by atoms with Crippen molar-refractivity contribution in [3.63, 3.8) is 0 Å². The van der Waals surface area contributed by atoms with Gasteiger partial charge in [0.2, 0.25) is 5.91 Å². The second-order valence-corrected chi connectivity index (χ2v) is 6.25. The SMILES string of the molecule is CC(=O)N1CCCN(C(=O)c2ccc3nc(C)c(C)nc3c2)CC1. The monoisotopic (exact) mass is 326 g/mol. The lowest BCUT2D eigenvalue weighted by molar-refractivity contribution is -0.128. The standard InChI is InChI=1S/C18H22N4O2/c1-12-13(2)20-17-11-15(5-6-16(17)19-12)18(24)22-8-4-7-21(9-10-22)14(3)23/h5-6,11H,4,7-10H2,1-3H3. The number of nitrogens with zero attached hydrogens (tertiary/aromatic N) is 4. The van der Waals surface area contributed by atoms with Crippen molar-refractivity contribution in [1.82, 2.24) is 19.8 Å². The summed E-state index contributed by atoms with van der Waals surface area (Å²) in [7, 11) is 0. The van der Waals surface area contributed by atoms with Crippen molar-refractivity contribution in [2.45, 2.75) is 27.2 Å². The quantitative estimate of drug-likeness (QED) is 0.803. The molecule has 24 heavy (non-hydrogen) atoms. The zero-order valence-electron chi connectivity index (χ0n) is 14.4.